The second kappa shape index (κ2) is 8.57. The minimum atomic E-state index is -0.179. The van der Waals surface area contributed by atoms with Gasteiger partial charge in [-0.15, -0.1) is 0 Å². The van der Waals surface area contributed by atoms with E-state index in [9.17, 15) is 5.26 Å². The number of hydrogen-bond acceptors (Lipinski definition) is 4. The number of nitrogens with two attached hydrogens (primary N) is 1. The van der Waals surface area contributed by atoms with Gasteiger partial charge in [-0.25, -0.2) is 0 Å². The van der Waals surface area contributed by atoms with Crippen LogP contribution in [0.5, 0.6) is 0 Å². The third-order valence-corrected chi connectivity index (χ3v) is 4.98. The fraction of sp³-hybridized carbons (Fsp3) is 0.261. The van der Waals surface area contributed by atoms with E-state index < -0.39 is 0 Å². The fourth-order valence-corrected chi connectivity index (χ4v) is 3.51. The number of para-hydroxylation sites is 2. The zero-order chi connectivity index (χ0) is 19.2. The molecular weight excluding hydrogens is 332 g/mol. The summed E-state index contributed by atoms with van der Waals surface area (Å²) in [4.78, 5) is 4.48. The van der Waals surface area contributed by atoms with Crippen molar-refractivity contribution in [1.82, 2.24) is 4.90 Å². The molecular formula is C23H26N4. The van der Waals surface area contributed by atoms with Gasteiger partial charge in [0.2, 0.25) is 0 Å². The molecule has 0 aromatic heterocycles. The van der Waals surface area contributed by atoms with Crippen molar-refractivity contribution < 1.29 is 0 Å². The number of nitrogen functional groups attached to an aromatic ring is 1. The van der Waals surface area contributed by atoms with Crippen LogP contribution >= 0.6 is 0 Å². The maximum absolute atomic E-state index is 9.91. The van der Waals surface area contributed by atoms with Crippen molar-refractivity contribution in [2.24, 2.45) is 0 Å². The predicted octanol–water partition coefficient (Wildman–Crippen LogP) is 4.51. The Morgan fingerprint density at radius 3 is 2.33 bits per heavy atom. The van der Waals surface area contributed by atoms with Crippen molar-refractivity contribution in [2.75, 3.05) is 30.3 Å². The van der Waals surface area contributed by atoms with Crippen LogP contribution in [-0.2, 0) is 0 Å². The van der Waals surface area contributed by atoms with Gasteiger partial charge >= 0.3 is 0 Å². The molecule has 4 nitrogen and oxygen atoms in total. The minimum absolute atomic E-state index is 0.179. The molecule has 0 radical (unpaired) electrons. The normalized spacial score (nSPS) is 16.7. The lowest BCUT2D eigenvalue weighted by Crippen LogP contribution is -2.32. The number of hydrogen-bond donors (Lipinski definition) is 1. The molecule has 2 aromatic carbocycles. The van der Waals surface area contributed by atoms with E-state index in [-0.39, 0.29) is 6.04 Å². The van der Waals surface area contributed by atoms with Gasteiger partial charge in [0, 0.05) is 12.7 Å². The average molecular weight is 358 g/mol. The lowest BCUT2D eigenvalue weighted by molar-refractivity contribution is 0.331. The molecule has 2 N–H and O–H groups in total. The first-order valence-electron chi connectivity index (χ1n) is 9.40. The molecule has 4 heteroatoms. The van der Waals surface area contributed by atoms with Gasteiger partial charge in [-0.05, 0) is 42.4 Å². The van der Waals surface area contributed by atoms with Gasteiger partial charge in [-0.3, -0.25) is 4.90 Å². The summed E-state index contributed by atoms with van der Waals surface area (Å²) >= 11 is 0. The Balaban J connectivity index is 2.10. The van der Waals surface area contributed by atoms with Crippen LogP contribution in [-0.4, -0.2) is 24.5 Å². The van der Waals surface area contributed by atoms with E-state index in [0.29, 0.717) is 5.69 Å². The summed E-state index contributed by atoms with van der Waals surface area (Å²) in [7, 11) is 0. The highest BCUT2D eigenvalue weighted by Gasteiger charge is 2.28. The van der Waals surface area contributed by atoms with Gasteiger partial charge in [0.1, 0.15) is 0 Å². The van der Waals surface area contributed by atoms with Crippen molar-refractivity contribution in [3.63, 3.8) is 0 Å². The summed E-state index contributed by atoms with van der Waals surface area (Å²) in [6, 6.07) is 20.2. The van der Waals surface area contributed by atoms with Gasteiger partial charge in [-0.1, -0.05) is 56.3 Å². The zero-order valence-electron chi connectivity index (χ0n) is 16.0. The molecule has 0 saturated heterocycles. The maximum Gasteiger partial charge on any atom is 0.0973 e. The summed E-state index contributed by atoms with van der Waals surface area (Å²) in [6.45, 7) is 7.06. The monoisotopic (exact) mass is 358 g/mol. The Morgan fingerprint density at radius 1 is 1.04 bits per heavy atom. The third-order valence-electron chi connectivity index (χ3n) is 4.98. The molecule has 1 atom stereocenters. The van der Waals surface area contributed by atoms with E-state index in [1.807, 2.05) is 48.5 Å². The molecule has 1 unspecified atom stereocenters. The van der Waals surface area contributed by atoms with Crippen LogP contribution in [0.25, 0.3) is 0 Å². The molecule has 138 valence electrons. The number of rotatable bonds is 6. The molecule has 0 fully saturated rings. The van der Waals surface area contributed by atoms with Crippen molar-refractivity contribution in [3.8, 4) is 6.07 Å². The Labute approximate surface area is 161 Å². The second-order valence-electron chi connectivity index (χ2n) is 6.66. The van der Waals surface area contributed by atoms with Crippen LogP contribution in [0, 0.1) is 11.3 Å². The topological polar surface area (TPSA) is 56.3 Å². The number of nitriles is 1. The van der Waals surface area contributed by atoms with Gasteiger partial charge < -0.3 is 10.6 Å². The van der Waals surface area contributed by atoms with E-state index in [1.165, 1.54) is 0 Å². The smallest absolute Gasteiger partial charge is 0.0973 e. The fourth-order valence-electron chi connectivity index (χ4n) is 3.51. The number of benzene rings is 2. The summed E-state index contributed by atoms with van der Waals surface area (Å²) in [5.74, 6) is 0. The molecule has 0 saturated carbocycles. The van der Waals surface area contributed by atoms with Gasteiger partial charge in [0.05, 0.1) is 29.1 Å². The number of nitrogens with zero attached hydrogens (tertiary/aromatic N) is 3. The molecule has 1 heterocycles. The van der Waals surface area contributed by atoms with E-state index in [4.69, 9.17) is 5.73 Å². The van der Waals surface area contributed by atoms with Crippen molar-refractivity contribution in [2.45, 2.75) is 19.9 Å². The average Bonchev–Trinajstić information content (AvgIpc) is 2.72. The van der Waals surface area contributed by atoms with Crippen molar-refractivity contribution >= 4 is 11.4 Å². The first-order chi connectivity index (χ1) is 13.2. The molecule has 0 spiro atoms. The highest BCUT2D eigenvalue weighted by molar-refractivity contribution is 5.72. The summed E-state index contributed by atoms with van der Waals surface area (Å²) in [5, 5.41) is 9.91. The molecule has 0 bridgehead atoms. The highest BCUT2D eigenvalue weighted by Crippen LogP contribution is 2.39. The summed E-state index contributed by atoms with van der Waals surface area (Å²) < 4.78 is 0. The molecule has 1 aliphatic heterocycles. The maximum atomic E-state index is 9.91. The van der Waals surface area contributed by atoms with Crippen LogP contribution < -0.4 is 10.6 Å². The van der Waals surface area contributed by atoms with Crippen molar-refractivity contribution in [3.05, 3.63) is 83.6 Å². The first kappa shape index (κ1) is 18.8. The highest BCUT2D eigenvalue weighted by atomic mass is 15.2. The standard InChI is InChI=1S/C23H26N4/c1-3-26(4-2)16-18-14-20(15-24)23(19-10-6-5-7-11-19)27(17-18)22-13-9-8-12-21(22)25/h5-14,17,23H,3-4,16,25H2,1-2H3. The Kier molecular flexibility index (Phi) is 5.95. The molecule has 1 aliphatic rings. The van der Waals surface area contributed by atoms with Gasteiger partial charge in [0.15, 0.2) is 0 Å². The first-order valence-corrected chi connectivity index (χ1v) is 9.40. The van der Waals surface area contributed by atoms with E-state index in [1.54, 1.807) is 0 Å². The van der Waals surface area contributed by atoms with Crippen LogP contribution in [0.1, 0.15) is 25.5 Å². The van der Waals surface area contributed by atoms with Crippen molar-refractivity contribution in [1.29, 1.82) is 5.26 Å². The molecule has 27 heavy (non-hydrogen) atoms. The summed E-state index contributed by atoms with van der Waals surface area (Å²) in [6.07, 6.45) is 4.17. The Hall–Kier alpha value is -3.03. The molecule has 0 amide bonds. The lowest BCUT2D eigenvalue weighted by atomic mass is 9.92. The van der Waals surface area contributed by atoms with Crippen LogP contribution in [0.3, 0.4) is 0 Å². The largest absolute Gasteiger partial charge is 0.397 e. The van der Waals surface area contributed by atoms with Gasteiger partial charge in [-0.2, -0.15) is 5.26 Å². The Morgan fingerprint density at radius 2 is 1.70 bits per heavy atom. The van der Waals surface area contributed by atoms with Crippen LogP contribution in [0.15, 0.2) is 78.0 Å². The summed E-state index contributed by atoms with van der Waals surface area (Å²) in [5.41, 5.74) is 10.8. The van der Waals surface area contributed by atoms with Crippen LogP contribution in [0.4, 0.5) is 11.4 Å². The molecule has 3 rings (SSSR count). The van der Waals surface area contributed by atoms with E-state index in [0.717, 1.165) is 42.0 Å². The van der Waals surface area contributed by atoms with Crippen LogP contribution in [0.2, 0.25) is 0 Å². The SMILES string of the molecule is CCN(CC)CC1=CN(c2ccccc2N)C(c2ccccc2)C(C#N)=C1. The predicted molar refractivity (Wildman–Crippen MR) is 112 cm³/mol. The zero-order valence-corrected chi connectivity index (χ0v) is 16.0. The lowest BCUT2D eigenvalue weighted by Gasteiger charge is -2.36. The molecule has 2 aromatic rings. The third kappa shape index (κ3) is 4.05. The number of likely N-dealkylation sites (N-methyl/N-ethyl adjacent to an activating group) is 1. The Bertz CT molecular complexity index is 873. The molecule has 0 aliphatic carbocycles. The quantitative estimate of drug-likeness (QED) is 0.772. The van der Waals surface area contributed by atoms with E-state index >= 15 is 0 Å². The van der Waals surface area contributed by atoms with Gasteiger partial charge in [0.25, 0.3) is 0 Å². The minimum Gasteiger partial charge on any atom is -0.397 e. The number of anilines is 2. The van der Waals surface area contributed by atoms with E-state index in [2.05, 4.69) is 48.0 Å². The second-order valence-corrected chi connectivity index (χ2v) is 6.66.